The van der Waals surface area contributed by atoms with Crippen LogP contribution in [-0.4, -0.2) is 18.4 Å². The van der Waals surface area contributed by atoms with E-state index >= 15 is 0 Å². The molecule has 8 heteroatoms. The van der Waals surface area contributed by atoms with Gasteiger partial charge in [0.05, 0.1) is 23.2 Å². The number of anilines is 2. The number of rotatable bonds is 19. The normalized spacial score (nSPS) is 10.6. The molecule has 42 heavy (non-hydrogen) atoms. The number of nitrogens with zero attached hydrogens (tertiary/aromatic N) is 1. The number of ether oxygens (including phenoxy) is 1. The number of aryl methyl sites for hydroxylation is 1. The van der Waals surface area contributed by atoms with E-state index in [0.29, 0.717) is 30.2 Å². The first-order chi connectivity index (χ1) is 20.0. The summed E-state index contributed by atoms with van der Waals surface area (Å²) in [7, 11) is 0. The van der Waals surface area contributed by atoms with Gasteiger partial charge in [0.15, 0.2) is 18.0 Å². The summed E-state index contributed by atoms with van der Waals surface area (Å²) in [5.41, 5.74) is 6.03. The summed E-state index contributed by atoms with van der Waals surface area (Å²) in [5, 5.41) is 7.92. The lowest BCUT2D eigenvalue weighted by Gasteiger charge is -2.14. The number of thiazole rings is 1. The Bertz CT molecular complexity index is 1230. The standard InChI is InChI=1S/C34H47N3O3S.BrH/c1-4-5-6-7-8-9-10-11-12-13-14-17-22-40-33-21-20-30(23-31(33)28(3)38)35-34(39)36-32-19-16-15-18-29(32)24-37-26-41-25-27(37)2;/h15-16,18-21,23,25-26H,4-14,17,22,24H2,1-3H3,(H-,35,36,39);1H. The van der Waals surface area contributed by atoms with Crippen molar-refractivity contribution >= 4 is 34.5 Å². The molecule has 0 radical (unpaired) electrons. The lowest BCUT2D eigenvalue weighted by Crippen LogP contribution is -3.00. The molecule has 2 amide bonds. The van der Waals surface area contributed by atoms with E-state index in [0.717, 1.165) is 24.1 Å². The van der Waals surface area contributed by atoms with Gasteiger partial charge in [0, 0.05) is 18.2 Å². The van der Waals surface area contributed by atoms with Crippen molar-refractivity contribution in [1.29, 1.82) is 0 Å². The average molecular weight is 659 g/mol. The van der Waals surface area contributed by atoms with Crippen LogP contribution in [0.5, 0.6) is 5.75 Å². The molecule has 0 atom stereocenters. The van der Waals surface area contributed by atoms with Gasteiger partial charge >= 0.3 is 6.03 Å². The van der Waals surface area contributed by atoms with Gasteiger partial charge in [0.25, 0.3) is 0 Å². The number of Topliss-reactive ketones (excluding diaryl/α,β-unsaturated/α-hetero) is 1. The molecule has 0 fully saturated rings. The smallest absolute Gasteiger partial charge is 0.323 e. The summed E-state index contributed by atoms with van der Waals surface area (Å²) in [4.78, 5) is 25.2. The Morgan fingerprint density at radius 1 is 0.857 bits per heavy atom. The zero-order valence-corrected chi connectivity index (χ0v) is 28.0. The number of nitrogens with one attached hydrogen (secondary N) is 2. The number of carbonyl (C=O) groups excluding carboxylic acids is 2. The van der Waals surface area contributed by atoms with Crippen LogP contribution in [0.3, 0.4) is 0 Å². The zero-order chi connectivity index (χ0) is 29.3. The molecule has 0 aliphatic carbocycles. The van der Waals surface area contributed by atoms with Crippen molar-refractivity contribution in [2.24, 2.45) is 0 Å². The van der Waals surface area contributed by atoms with Crippen molar-refractivity contribution in [1.82, 2.24) is 0 Å². The van der Waals surface area contributed by atoms with Crippen LogP contribution in [0, 0.1) is 6.92 Å². The molecular weight excluding hydrogens is 610 g/mol. The average Bonchev–Trinajstić information content (AvgIpc) is 3.36. The number of hydrogen-bond acceptors (Lipinski definition) is 4. The van der Waals surface area contributed by atoms with Crippen LogP contribution >= 0.6 is 11.3 Å². The lowest BCUT2D eigenvalue weighted by molar-refractivity contribution is -0.689. The van der Waals surface area contributed by atoms with Gasteiger partial charge in [0.2, 0.25) is 5.51 Å². The molecule has 0 aliphatic rings. The number of amides is 2. The van der Waals surface area contributed by atoms with Crippen molar-refractivity contribution in [3.8, 4) is 5.75 Å². The molecule has 0 saturated heterocycles. The fourth-order valence-electron chi connectivity index (χ4n) is 4.90. The summed E-state index contributed by atoms with van der Waals surface area (Å²) in [5.74, 6) is 0.479. The maximum absolute atomic E-state index is 12.8. The van der Waals surface area contributed by atoms with Gasteiger partial charge in [-0.2, -0.15) is 4.57 Å². The van der Waals surface area contributed by atoms with Crippen LogP contribution in [0.2, 0.25) is 0 Å². The summed E-state index contributed by atoms with van der Waals surface area (Å²) in [6.07, 6.45) is 15.5. The predicted octanol–water partition coefficient (Wildman–Crippen LogP) is 6.32. The largest absolute Gasteiger partial charge is 1.00 e. The molecule has 0 aliphatic heterocycles. The molecule has 0 spiro atoms. The minimum absolute atomic E-state index is 0. The number of hydrogen-bond donors (Lipinski definition) is 2. The fraction of sp³-hybridized carbons (Fsp3) is 0.500. The molecule has 2 aromatic carbocycles. The SMILES string of the molecule is CCCCCCCCCCCCCCOc1ccc(NC(=O)Nc2ccccc2C[n+]2cscc2C)cc1C(C)=O.[Br-]. The lowest BCUT2D eigenvalue weighted by atomic mass is 10.1. The highest BCUT2D eigenvalue weighted by Gasteiger charge is 2.15. The highest BCUT2D eigenvalue weighted by Crippen LogP contribution is 2.25. The second kappa shape index (κ2) is 20.2. The molecule has 1 aromatic heterocycles. The Labute approximate surface area is 267 Å². The number of unbranched alkanes of at least 4 members (excludes halogenated alkanes) is 11. The topological polar surface area (TPSA) is 71.3 Å². The van der Waals surface area contributed by atoms with Gasteiger partial charge in [0.1, 0.15) is 5.75 Å². The van der Waals surface area contributed by atoms with E-state index in [4.69, 9.17) is 4.74 Å². The molecule has 0 unspecified atom stereocenters. The molecule has 3 rings (SSSR count). The van der Waals surface area contributed by atoms with Crippen LogP contribution < -0.4 is 36.9 Å². The van der Waals surface area contributed by atoms with Crippen LogP contribution in [0.15, 0.2) is 53.4 Å². The number of halogens is 1. The number of para-hydroxylation sites is 1. The second-order valence-corrected chi connectivity index (χ2v) is 11.6. The summed E-state index contributed by atoms with van der Waals surface area (Å²) >= 11 is 1.65. The van der Waals surface area contributed by atoms with Gasteiger partial charge in [-0.25, -0.2) is 4.79 Å². The van der Waals surface area contributed by atoms with Crippen molar-refractivity contribution in [2.45, 2.75) is 104 Å². The Morgan fingerprint density at radius 3 is 2.12 bits per heavy atom. The number of carbonyl (C=O) groups is 2. The van der Waals surface area contributed by atoms with Crippen molar-refractivity contribution in [2.75, 3.05) is 17.2 Å². The van der Waals surface area contributed by atoms with Gasteiger partial charge < -0.3 is 32.4 Å². The minimum Gasteiger partial charge on any atom is -1.00 e. The van der Waals surface area contributed by atoms with Gasteiger partial charge in [-0.15, -0.1) is 0 Å². The Hall–Kier alpha value is -2.71. The van der Waals surface area contributed by atoms with E-state index in [9.17, 15) is 9.59 Å². The first-order valence-corrected chi connectivity index (χ1v) is 16.3. The highest BCUT2D eigenvalue weighted by atomic mass is 79.9. The Morgan fingerprint density at radius 2 is 1.50 bits per heavy atom. The Balaban J connectivity index is 0.00000616. The number of urea groups is 1. The molecule has 1 heterocycles. The van der Waals surface area contributed by atoms with Crippen LogP contribution in [0.25, 0.3) is 0 Å². The Kier molecular flexibility index (Phi) is 17.1. The third kappa shape index (κ3) is 12.7. The molecule has 2 N–H and O–H groups in total. The molecule has 0 bridgehead atoms. The van der Waals surface area contributed by atoms with E-state index in [-0.39, 0.29) is 28.8 Å². The monoisotopic (exact) mass is 657 g/mol. The van der Waals surface area contributed by atoms with Crippen LogP contribution in [0.4, 0.5) is 16.2 Å². The molecular formula is C34H48BrN3O3S. The number of benzene rings is 2. The summed E-state index contributed by atoms with van der Waals surface area (Å²) < 4.78 is 8.12. The van der Waals surface area contributed by atoms with E-state index in [2.05, 4.69) is 39.9 Å². The molecule has 0 saturated carbocycles. The van der Waals surface area contributed by atoms with Crippen molar-refractivity contribution in [3.63, 3.8) is 0 Å². The quantitative estimate of drug-likeness (QED) is 0.0900. The minimum atomic E-state index is -0.357. The van der Waals surface area contributed by atoms with E-state index < -0.39 is 0 Å². The third-order valence-corrected chi connectivity index (χ3v) is 8.21. The summed E-state index contributed by atoms with van der Waals surface area (Å²) in [6.45, 7) is 7.11. The van der Waals surface area contributed by atoms with Crippen LogP contribution in [-0.2, 0) is 6.54 Å². The number of aromatic nitrogens is 1. The van der Waals surface area contributed by atoms with Gasteiger partial charge in [-0.05, 0) is 37.6 Å². The highest BCUT2D eigenvalue weighted by molar-refractivity contribution is 7.07. The number of ketones is 1. The van der Waals surface area contributed by atoms with E-state index in [1.54, 1.807) is 29.5 Å². The van der Waals surface area contributed by atoms with Crippen molar-refractivity contribution in [3.05, 3.63) is 70.2 Å². The molecule has 6 nitrogen and oxygen atoms in total. The maximum atomic E-state index is 12.8. The third-order valence-electron chi connectivity index (χ3n) is 7.36. The molecule has 230 valence electrons. The maximum Gasteiger partial charge on any atom is 0.323 e. The zero-order valence-electron chi connectivity index (χ0n) is 25.6. The van der Waals surface area contributed by atoms with Crippen LogP contribution in [0.1, 0.15) is 113 Å². The van der Waals surface area contributed by atoms with E-state index in [1.807, 2.05) is 24.3 Å². The second-order valence-electron chi connectivity index (χ2n) is 10.9. The van der Waals surface area contributed by atoms with Crippen molar-refractivity contribution < 1.29 is 35.9 Å². The molecule has 3 aromatic rings. The first-order valence-electron chi connectivity index (χ1n) is 15.3. The van der Waals surface area contributed by atoms with E-state index in [1.165, 1.54) is 76.8 Å². The summed E-state index contributed by atoms with van der Waals surface area (Å²) in [6, 6.07) is 12.7. The fourth-order valence-corrected chi connectivity index (χ4v) is 5.68. The van der Waals surface area contributed by atoms with Gasteiger partial charge in [-0.3, -0.25) is 4.79 Å². The first kappa shape index (κ1) is 35.5. The predicted molar refractivity (Wildman–Crippen MR) is 170 cm³/mol. The van der Waals surface area contributed by atoms with Gasteiger partial charge in [-0.1, -0.05) is 107 Å².